The van der Waals surface area contributed by atoms with Gasteiger partial charge in [-0.3, -0.25) is 4.79 Å². The van der Waals surface area contributed by atoms with E-state index >= 15 is 0 Å². The van der Waals surface area contributed by atoms with E-state index < -0.39 is 17.5 Å². The first-order chi connectivity index (χ1) is 16.8. The number of benzene rings is 2. The Balaban J connectivity index is 1.67. The van der Waals surface area contributed by atoms with Gasteiger partial charge in [0.1, 0.15) is 12.2 Å². The van der Waals surface area contributed by atoms with Crippen molar-refractivity contribution in [2.75, 3.05) is 19.5 Å². The molecule has 2 heterocycles. The number of ether oxygens (including phenoxy) is 3. The fourth-order valence-corrected chi connectivity index (χ4v) is 3.61. The summed E-state index contributed by atoms with van der Waals surface area (Å²) in [4.78, 5) is 37.8. The van der Waals surface area contributed by atoms with Crippen LogP contribution in [0.15, 0.2) is 62.4 Å². The molecule has 2 aromatic carbocycles. The Morgan fingerprint density at radius 3 is 2.43 bits per heavy atom. The molecule has 9 heteroatoms. The molecule has 4 aromatic rings. The third kappa shape index (κ3) is 4.74. The van der Waals surface area contributed by atoms with E-state index in [9.17, 15) is 14.4 Å². The summed E-state index contributed by atoms with van der Waals surface area (Å²) in [7, 11) is 2.86. The van der Waals surface area contributed by atoms with Crippen LogP contribution < -0.4 is 20.4 Å². The van der Waals surface area contributed by atoms with E-state index in [1.807, 2.05) is 26.0 Å². The molecular formula is C26H23NO8. The zero-order chi connectivity index (χ0) is 25.1. The highest BCUT2D eigenvalue weighted by Gasteiger charge is 2.22. The molecule has 0 unspecified atom stereocenters. The fraction of sp³-hybridized carbons (Fsp3) is 0.192. The van der Waals surface area contributed by atoms with E-state index in [-0.39, 0.29) is 29.4 Å². The molecule has 0 saturated heterocycles. The summed E-state index contributed by atoms with van der Waals surface area (Å²) in [6.07, 6.45) is 1.36. The number of nitrogens with one attached hydrogen (secondary N) is 1. The average molecular weight is 477 g/mol. The van der Waals surface area contributed by atoms with E-state index in [1.165, 1.54) is 44.7 Å². The summed E-state index contributed by atoms with van der Waals surface area (Å²) in [5.74, 6) is -0.671. The van der Waals surface area contributed by atoms with Crippen molar-refractivity contribution in [1.82, 2.24) is 0 Å². The lowest BCUT2D eigenvalue weighted by Crippen LogP contribution is -2.16. The largest absolute Gasteiger partial charge is 0.493 e. The number of furan rings is 1. The van der Waals surface area contributed by atoms with Gasteiger partial charge in [0, 0.05) is 29.1 Å². The summed E-state index contributed by atoms with van der Waals surface area (Å²) in [6, 6.07) is 10.9. The topological polar surface area (TPSA) is 117 Å². The van der Waals surface area contributed by atoms with E-state index in [1.54, 1.807) is 6.07 Å². The Bertz CT molecular complexity index is 1470. The molecule has 9 nitrogen and oxygen atoms in total. The van der Waals surface area contributed by atoms with Crippen LogP contribution in [0.3, 0.4) is 0 Å². The summed E-state index contributed by atoms with van der Waals surface area (Å²) < 4.78 is 26.6. The Labute approximate surface area is 200 Å². The molecule has 0 bridgehead atoms. The van der Waals surface area contributed by atoms with E-state index in [0.29, 0.717) is 22.3 Å². The van der Waals surface area contributed by atoms with Crippen LogP contribution in [0.25, 0.3) is 11.0 Å². The van der Waals surface area contributed by atoms with Gasteiger partial charge >= 0.3 is 11.6 Å². The van der Waals surface area contributed by atoms with Gasteiger partial charge in [-0.2, -0.15) is 0 Å². The first-order valence-corrected chi connectivity index (χ1v) is 10.6. The number of methoxy groups -OCH3 is 2. The molecule has 0 aliphatic heterocycles. The number of hydrogen-bond acceptors (Lipinski definition) is 8. The average Bonchev–Trinajstić information content (AvgIpc) is 3.40. The molecule has 1 N–H and O–H groups in total. The van der Waals surface area contributed by atoms with Gasteiger partial charge in [0.15, 0.2) is 17.3 Å². The van der Waals surface area contributed by atoms with Crippen LogP contribution in [-0.4, -0.2) is 26.1 Å². The number of fused-ring (bicyclic) bond motifs is 1. The highest BCUT2D eigenvalue weighted by atomic mass is 16.5. The molecule has 0 radical (unpaired) electrons. The van der Waals surface area contributed by atoms with Crippen LogP contribution in [-0.2, 0) is 11.3 Å². The quantitative estimate of drug-likeness (QED) is 0.302. The molecule has 180 valence electrons. The maximum atomic E-state index is 13.1. The number of aryl methyl sites for hydroxylation is 2. The van der Waals surface area contributed by atoms with Gasteiger partial charge in [-0.25, -0.2) is 9.59 Å². The summed E-state index contributed by atoms with van der Waals surface area (Å²) >= 11 is 0. The number of carbonyl (C=O) groups excluding carboxylic acids is 2. The number of esters is 1. The van der Waals surface area contributed by atoms with Crippen molar-refractivity contribution in [2.45, 2.75) is 20.5 Å². The first kappa shape index (κ1) is 23.6. The summed E-state index contributed by atoms with van der Waals surface area (Å²) in [5, 5.41) is 3.30. The molecule has 4 rings (SSSR count). The molecule has 0 aliphatic carbocycles. The molecule has 0 atom stereocenters. The van der Waals surface area contributed by atoms with Gasteiger partial charge < -0.3 is 28.4 Å². The SMILES string of the molecule is COc1cc(NC(=O)c2ccco2)c(C(=O)OCc2cc(=O)oc3c(C)c(C)ccc23)cc1OC. The molecular weight excluding hydrogens is 454 g/mol. The van der Waals surface area contributed by atoms with Crippen molar-refractivity contribution in [3.05, 3.63) is 87.2 Å². The van der Waals surface area contributed by atoms with Crippen LogP contribution in [0.1, 0.15) is 37.6 Å². The van der Waals surface area contributed by atoms with Gasteiger partial charge in [-0.05, 0) is 37.1 Å². The Kier molecular flexibility index (Phi) is 6.59. The van der Waals surface area contributed by atoms with Crippen LogP contribution in [0.2, 0.25) is 0 Å². The van der Waals surface area contributed by atoms with E-state index in [0.717, 1.165) is 11.1 Å². The summed E-state index contributed by atoms with van der Waals surface area (Å²) in [5.41, 5.74) is 2.36. The Hall–Kier alpha value is -4.53. The minimum Gasteiger partial charge on any atom is -0.493 e. The van der Waals surface area contributed by atoms with Crippen molar-refractivity contribution in [1.29, 1.82) is 0 Å². The van der Waals surface area contributed by atoms with Gasteiger partial charge in [0.05, 0.1) is 31.7 Å². The van der Waals surface area contributed by atoms with Crippen LogP contribution in [0, 0.1) is 13.8 Å². The zero-order valence-electron chi connectivity index (χ0n) is 19.6. The number of carbonyl (C=O) groups is 2. The minimum atomic E-state index is -0.745. The smallest absolute Gasteiger partial charge is 0.340 e. The normalized spacial score (nSPS) is 10.7. The van der Waals surface area contributed by atoms with Crippen molar-refractivity contribution >= 4 is 28.5 Å². The predicted molar refractivity (Wildman–Crippen MR) is 127 cm³/mol. The van der Waals surface area contributed by atoms with Crippen LogP contribution >= 0.6 is 0 Å². The highest BCUT2D eigenvalue weighted by Crippen LogP contribution is 2.34. The number of anilines is 1. The lowest BCUT2D eigenvalue weighted by Gasteiger charge is -2.15. The number of hydrogen-bond donors (Lipinski definition) is 1. The second kappa shape index (κ2) is 9.76. The lowest BCUT2D eigenvalue weighted by molar-refractivity contribution is 0.0474. The van der Waals surface area contributed by atoms with Crippen molar-refractivity contribution in [3.63, 3.8) is 0 Å². The molecule has 35 heavy (non-hydrogen) atoms. The van der Waals surface area contributed by atoms with Gasteiger partial charge in [0.25, 0.3) is 5.91 Å². The predicted octanol–water partition coefficient (Wildman–Crippen LogP) is 4.63. The molecule has 0 saturated carbocycles. The zero-order valence-corrected chi connectivity index (χ0v) is 19.6. The standard InChI is InChI=1S/C26H23NO8/c1-14-7-8-17-16(10-23(28)35-24(17)15(14)2)13-34-26(30)18-11-21(31-3)22(32-4)12-19(18)27-25(29)20-6-5-9-33-20/h5-12H,13H2,1-4H3,(H,27,29). The van der Waals surface area contributed by atoms with Crippen LogP contribution in [0.4, 0.5) is 5.69 Å². The molecule has 0 spiro atoms. The molecule has 2 aromatic heterocycles. The second-order valence-corrected chi connectivity index (χ2v) is 7.74. The van der Waals surface area contributed by atoms with E-state index in [2.05, 4.69) is 5.32 Å². The number of rotatable bonds is 7. The molecule has 0 fully saturated rings. The number of amides is 1. The molecule has 0 aliphatic rings. The van der Waals surface area contributed by atoms with E-state index in [4.69, 9.17) is 23.0 Å². The minimum absolute atomic E-state index is 0.0295. The Morgan fingerprint density at radius 2 is 1.74 bits per heavy atom. The summed E-state index contributed by atoms with van der Waals surface area (Å²) in [6.45, 7) is 3.58. The van der Waals surface area contributed by atoms with Gasteiger partial charge in [-0.1, -0.05) is 12.1 Å². The van der Waals surface area contributed by atoms with Crippen molar-refractivity contribution in [3.8, 4) is 11.5 Å². The second-order valence-electron chi connectivity index (χ2n) is 7.74. The van der Waals surface area contributed by atoms with Crippen molar-refractivity contribution in [2.24, 2.45) is 0 Å². The maximum Gasteiger partial charge on any atom is 0.340 e. The monoisotopic (exact) mass is 477 g/mol. The fourth-order valence-electron chi connectivity index (χ4n) is 3.61. The van der Waals surface area contributed by atoms with Crippen LogP contribution in [0.5, 0.6) is 11.5 Å². The molecule has 1 amide bonds. The van der Waals surface area contributed by atoms with Crippen molar-refractivity contribution < 1.29 is 32.6 Å². The third-order valence-corrected chi connectivity index (χ3v) is 5.61. The highest BCUT2D eigenvalue weighted by molar-refractivity contribution is 6.07. The van der Waals surface area contributed by atoms with Gasteiger partial charge in [0.2, 0.25) is 0 Å². The third-order valence-electron chi connectivity index (χ3n) is 5.61. The Morgan fingerprint density at radius 1 is 1.00 bits per heavy atom. The first-order valence-electron chi connectivity index (χ1n) is 10.6. The maximum absolute atomic E-state index is 13.1. The van der Waals surface area contributed by atoms with Gasteiger partial charge in [-0.15, -0.1) is 0 Å². The lowest BCUT2D eigenvalue weighted by atomic mass is 10.0.